The Hall–Kier alpha value is -1.40. The van der Waals surface area contributed by atoms with E-state index in [4.69, 9.17) is 4.42 Å². The van der Waals surface area contributed by atoms with Crippen molar-refractivity contribution in [3.63, 3.8) is 0 Å². The van der Waals surface area contributed by atoms with Gasteiger partial charge in [0, 0.05) is 18.7 Å². The fourth-order valence-electron chi connectivity index (χ4n) is 1.60. The molecule has 2 aromatic rings. The minimum atomic E-state index is 0.802. The Morgan fingerprint density at radius 2 is 2.28 bits per heavy atom. The summed E-state index contributed by atoms with van der Waals surface area (Å²) in [5.41, 5.74) is 1.17. The third-order valence-corrected chi connectivity index (χ3v) is 3.30. The first-order valence-corrected chi connectivity index (χ1v) is 6.85. The van der Waals surface area contributed by atoms with Crippen molar-refractivity contribution < 1.29 is 4.42 Å². The second-order valence-electron chi connectivity index (χ2n) is 4.23. The minimum absolute atomic E-state index is 0.802. The molecule has 0 aliphatic rings. The van der Waals surface area contributed by atoms with Crippen LogP contribution in [0.1, 0.15) is 23.9 Å². The number of rotatable bonds is 7. The Labute approximate surface area is 111 Å². The van der Waals surface area contributed by atoms with Crippen molar-refractivity contribution in [2.24, 2.45) is 0 Å². The van der Waals surface area contributed by atoms with Gasteiger partial charge in [0.1, 0.15) is 5.01 Å². The second-order valence-corrected chi connectivity index (χ2v) is 5.29. The van der Waals surface area contributed by atoms with Crippen LogP contribution >= 0.6 is 11.3 Å². The van der Waals surface area contributed by atoms with Gasteiger partial charge in [0.25, 0.3) is 0 Å². The Kier molecular flexibility index (Phi) is 4.72. The van der Waals surface area contributed by atoms with Crippen LogP contribution in [0.3, 0.4) is 0 Å². The van der Waals surface area contributed by atoms with E-state index in [1.54, 1.807) is 23.9 Å². The predicted octanol–water partition coefficient (Wildman–Crippen LogP) is 2.59. The third-order valence-electron chi connectivity index (χ3n) is 2.43. The van der Waals surface area contributed by atoms with E-state index in [-0.39, 0.29) is 0 Å². The monoisotopic (exact) mass is 266 g/mol. The Balaban J connectivity index is 1.83. The van der Waals surface area contributed by atoms with Gasteiger partial charge in [0.15, 0.2) is 0 Å². The number of furan rings is 1. The average molecular weight is 266 g/mol. The van der Waals surface area contributed by atoms with Crippen molar-refractivity contribution in [2.75, 3.05) is 18.9 Å². The zero-order chi connectivity index (χ0) is 12.8. The molecule has 0 atom stereocenters. The Morgan fingerprint density at radius 1 is 1.39 bits per heavy atom. The van der Waals surface area contributed by atoms with E-state index in [1.807, 2.05) is 6.07 Å². The van der Waals surface area contributed by atoms with Gasteiger partial charge in [-0.25, -0.2) is 0 Å². The maximum absolute atomic E-state index is 5.05. The third kappa shape index (κ3) is 3.82. The zero-order valence-electron chi connectivity index (χ0n) is 10.7. The molecular formula is C12H18N4OS. The molecule has 0 aromatic carbocycles. The second kappa shape index (κ2) is 6.51. The molecule has 0 fully saturated rings. The van der Waals surface area contributed by atoms with Crippen molar-refractivity contribution >= 4 is 16.5 Å². The van der Waals surface area contributed by atoms with E-state index in [0.29, 0.717) is 0 Å². The number of aromatic nitrogens is 2. The Bertz CT molecular complexity index is 454. The highest BCUT2D eigenvalue weighted by molar-refractivity contribution is 7.15. The maximum Gasteiger partial charge on any atom is 0.205 e. The summed E-state index contributed by atoms with van der Waals surface area (Å²) in [5, 5.41) is 13.5. The van der Waals surface area contributed by atoms with Crippen molar-refractivity contribution in [1.29, 1.82) is 0 Å². The van der Waals surface area contributed by atoms with Crippen LogP contribution in [0.15, 0.2) is 23.0 Å². The molecule has 0 bridgehead atoms. The summed E-state index contributed by atoms with van der Waals surface area (Å²) in [4.78, 5) is 2.19. The summed E-state index contributed by atoms with van der Waals surface area (Å²) in [5.74, 6) is 0. The van der Waals surface area contributed by atoms with E-state index in [9.17, 15) is 0 Å². The molecule has 0 amide bonds. The van der Waals surface area contributed by atoms with Crippen molar-refractivity contribution in [2.45, 2.75) is 26.4 Å². The SMILES string of the molecule is CCCNc1nnc(CN(C)Cc2ccoc2)s1. The predicted molar refractivity (Wildman–Crippen MR) is 72.6 cm³/mol. The fourth-order valence-corrected chi connectivity index (χ4v) is 2.45. The van der Waals surface area contributed by atoms with Crippen LogP contribution < -0.4 is 5.32 Å². The van der Waals surface area contributed by atoms with E-state index in [1.165, 1.54) is 5.56 Å². The molecular weight excluding hydrogens is 248 g/mol. The lowest BCUT2D eigenvalue weighted by Gasteiger charge is -2.12. The zero-order valence-corrected chi connectivity index (χ0v) is 11.5. The highest BCUT2D eigenvalue weighted by atomic mass is 32.1. The van der Waals surface area contributed by atoms with Crippen molar-refractivity contribution in [3.8, 4) is 0 Å². The Morgan fingerprint density at radius 3 is 3.00 bits per heavy atom. The van der Waals surface area contributed by atoms with Crippen LogP contribution in [-0.4, -0.2) is 28.7 Å². The van der Waals surface area contributed by atoms with Gasteiger partial charge in [-0.3, -0.25) is 4.90 Å². The molecule has 0 unspecified atom stereocenters. The quantitative estimate of drug-likeness (QED) is 0.834. The molecule has 1 N–H and O–H groups in total. The smallest absolute Gasteiger partial charge is 0.205 e. The molecule has 5 nitrogen and oxygen atoms in total. The van der Waals surface area contributed by atoms with Gasteiger partial charge in [0.2, 0.25) is 5.13 Å². The van der Waals surface area contributed by atoms with E-state index >= 15 is 0 Å². The van der Waals surface area contributed by atoms with Crippen molar-refractivity contribution in [3.05, 3.63) is 29.2 Å². The largest absolute Gasteiger partial charge is 0.472 e. The van der Waals surface area contributed by atoms with E-state index < -0.39 is 0 Å². The number of nitrogens with zero attached hydrogens (tertiary/aromatic N) is 3. The highest BCUT2D eigenvalue weighted by Crippen LogP contribution is 2.17. The molecule has 6 heteroatoms. The van der Waals surface area contributed by atoms with Crippen LogP contribution in [0.25, 0.3) is 0 Å². The first kappa shape index (κ1) is 13.0. The number of hydrogen-bond donors (Lipinski definition) is 1. The maximum atomic E-state index is 5.05. The molecule has 2 aromatic heterocycles. The molecule has 18 heavy (non-hydrogen) atoms. The normalized spacial score (nSPS) is 11.1. The van der Waals surface area contributed by atoms with Crippen LogP contribution in [0.5, 0.6) is 0 Å². The first-order valence-electron chi connectivity index (χ1n) is 6.03. The lowest BCUT2D eigenvalue weighted by molar-refractivity contribution is 0.316. The topological polar surface area (TPSA) is 54.2 Å². The summed E-state index contributed by atoms with van der Waals surface area (Å²) in [6.45, 7) is 4.73. The molecule has 0 spiro atoms. The van der Waals surface area contributed by atoms with Gasteiger partial charge in [-0.05, 0) is 19.5 Å². The standard InChI is InChI=1S/C12H18N4OS/c1-3-5-13-12-15-14-11(18-12)8-16(2)7-10-4-6-17-9-10/h4,6,9H,3,5,7-8H2,1-2H3,(H,13,15). The summed E-state index contributed by atoms with van der Waals surface area (Å²) in [6.07, 6.45) is 4.56. The molecule has 2 rings (SSSR count). The number of hydrogen-bond acceptors (Lipinski definition) is 6. The van der Waals surface area contributed by atoms with E-state index in [0.717, 1.165) is 36.2 Å². The summed E-state index contributed by atoms with van der Waals surface area (Å²) in [6, 6.07) is 1.98. The van der Waals surface area contributed by atoms with Crippen LogP contribution in [0, 0.1) is 0 Å². The molecule has 0 aliphatic carbocycles. The van der Waals surface area contributed by atoms with E-state index in [2.05, 4.69) is 34.4 Å². The van der Waals surface area contributed by atoms with Crippen LogP contribution in [0.4, 0.5) is 5.13 Å². The van der Waals surface area contributed by atoms with Gasteiger partial charge in [-0.15, -0.1) is 10.2 Å². The van der Waals surface area contributed by atoms with Gasteiger partial charge in [-0.1, -0.05) is 18.3 Å². The lowest BCUT2D eigenvalue weighted by atomic mass is 10.3. The van der Waals surface area contributed by atoms with Gasteiger partial charge < -0.3 is 9.73 Å². The molecule has 0 radical (unpaired) electrons. The molecule has 2 heterocycles. The van der Waals surface area contributed by atoms with Crippen molar-refractivity contribution in [1.82, 2.24) is 15.1 Å². The number of nitrogens with one attached hydrogen (secondary N) is 1. The van der Waals surface area contributed by atoms with Gasteiger partial charge >= 0.3 is 0 Å². The highest BCUT2D eigenvalue weighted by Gasteiger charge is 2.07. The molecule has 0 saturated heterocycles. The summed E-state index contributed by atoms with van der Waals surface area (Å²) >= 11 is 1.62. The van der Waals surface area contributed by atoms with Crippen LogP contribution in [-0.2, 0) is 13.1 Å². The molecule has 0 saturated carbocycles. The van der Waals surface area contributed by atoms with Gasteiger partial charge in [-0.2, -0.15) is 0 Å². The minimum Gasteiger partial charge on any atom is -0.472 e. The molecule has 98 valence electrons. The van der Waals surface area contributed by atoms with Gasteiger partial charge in [0.05, 0.1) is 19.1 Å². The van der Waals surface area contributed by atoms with Crippen LogP contribution in [0.2, 0.25) is 0 Å². The first-order chi connectivity index (χ1) is 8.78. The summed E-state index contributed by atoms with van der Waals surface area (Å²) < 4.78 is 5.05. The lowest BCUT2D eigenvalue weighted by Crippen LogP contribution is -2.16. The summed E-state index contributed by atoms with van der Waals surface area (Å²) in [7, 11) is 2.06. The molecule has 0 aliphatic heterocycles. The fraction of sp³-hybridized carbons (Fsp3) is 0.500. The average Bonchev–Trinajstić information content (AvgIpc) is 2.98. The number of anilines is 1.